The highest BCUT2D eigenvalue weighted by molar-refractivity contribution is 9.10. The number of thiophene rings is 1. The summed E-state index contributed by atoms with van der Waals surface area (Å²) in [7, 11) is 0. The van der Waals surface area contributed by atoms with Crippen molar-refractivity contribution in [1.82, 2.24) is 0 Å². The number of fused-ring (bicyclic) bond motifs is 1. The van der Waals surface area contributed by atoms with E-state index in [2.05, 4.69) is 47.0 Å². The topological polar surface area (TPSA) is 54.6 Å². The molecule has 0 saturated heterocycles. The van der Waals surface area contributed by atoms with Crippen LogP contribution in [0.2, 0.25) is 5.02 Å². The van der Waals surface area contributed by atoms with E-state index in [-0.39, 0.29) is 11.3 Å². The largest absolute Gasteiger partial charge is 0.448 e. The molecule has 1 aromatic carbocycles. The number of halogens is 2. The van der Waals surface area contributed by atoms with Crippen molar-refractivity contribution >= 4 is 61.7 Å². The van der Waals surface area contributed by atoms with Gasteiger partial charge in [-0.3, -0.25) is 4.79 Å². The number of anilines is 1. The molecule has 1 amide bonds. The molecule has 2 heterocycles. The summed E-state index contributed by atoms with van der Waals surface area (Å²) in [5.41, 5.74) is 2.74. The van der Waals surface area contributed by atoms with Gasteiger partial charge in [0.2, 0.25) is 0 Å². The van der Waals surface area contributed by atoms with Crippen molar-refractivity contribution in [1.29, 1.82) is 0 Å². The average Bonchev–Trinajstić information content (AvgIpc) is 3.29. The fraction of sp³-hybridized carbons (Fsp3) is 0.333. The fourth-order valence-corrected chi connectivity index (χ4v) is 5.60. The summed E-state index contributed by atoms with van der Waals surface area (Å²) in [4.78, 5) is 19.2. The molecule has 1 aliphatic rings. The zero-order chi connectivity index (χ0) is 22.2. The van der Waals surface area contributed by atoms with Crippen LogP contribution in [0.25, 0.3) is 0 Å². The molecule has 0 unspecified atom stereocenters. The van der Waals surface area contributed by atoms with Crippen molar-refractivity contribution in [2.24, 2.45) is 16.3 Å². The summed E-state index contributed by atoms with van der Waals surface area (Å²) in [5, 5.41) is 4.36. The fourth-order valence-electron chi connectivity index (χ4n) is 3.88. The molecular formula is C24H24BrClN2O2S. The molecule has 0 spiro atoms. The predicted octanol–water partition coefficient (Wildman–Crippen LogP) is 7.91. The maximum Gasteiger partial charge on any atom is 0.259 e. The third-order valence-electron chi connectivity index (χ3n) is 5.70. The first-order chi connectivity index (χ1) is 14.7. The predicted molar refractivity (Wildman–Crippen MR) is 132 cm³/mol. The van der Waals surface area contributed by atoms with Gasteiger partial charge in [0, 0.05) is 15.6 Å². The minimum atomic E-state index is -0.137. The van der Waals surface area contributed by atoms with Crippen molar-refractivity contribution in [2.45, 2.75) is 40.0 Å². The highest BCUT2D eigenvalue weighted by atomic mass is 79.9. The van der Waals surface area contributed by atoms with E-state index in [9.17, 15) is 4.79 Å². The lowest BCUT2D eigenvalue weighted by Gasteiger charge is -2.33. The quantitative estimate of drug-likeness (QED) is 0.356. The van der Waals surface area contributed by atoms with Gasteiger partial charge in [0.25, 0.3) is 5.91 Å². The van der Waals surface area contributed by atoms with Gasteiger partial charge in [0.05, 0.1) is 11.8 Å². The molecule has 162 valence electrons. The summed E-state index contributed by atoms with van der Waals surface area (Å²) in [6, 6.07) is 10.8. The molecule has 1 aliphatic carbocycles. The molecule has 0 saturated carbocycles. The minimum absolute atomic E-state index is 0.137. The van der Waals surface area contributed by atoms with Crippen LogP contribution >= 0.6 is 38.9 Å². The van der Waals surface area contributed by atoms with Crippen LogP contribution in [0.1, 0.15) is 53.8 Å². The number of furan rings is 1. The standard InChI is InChI=1S/C24H24BrClN2O2S/c1-24(2,3)14-4-10-18-19(12-14)31-23(27-13-17-9-11-20(25)30-17)21(18)22(29)28-16-7-5-15(26)6-8-16/h5-9,11,13-14H,4,10,12H2,1-3H3,(H,28,29)/t14-/m1/s1. The van der Waals surface area contributed by atoms with Gasteiger partial charge < -0.3 is 9.73 Å². The maximum absolute atomic E-state index is 13.3. The Hall–Kier alpha value is -1.89. The van der Waals surface area contributed by atoms with Crippen LogP contribution in [0, 0.1) is 11.3 Å². The molecular weight excluding hydrogens is 496 g/mol. The van der Waals surface area contributed by atoms with Crippen LogP contribution in [-0.4, -0.2) is 12.1 Å². The number of nitrogens with zero attached hydrogens (tertiary/aromatic N) is 1. The minimum Gasteiger partial charge on any atom is -0.448 e. The van der Waals surface area contributed by atoms with Crippen LogP contribution < -0.4 is 5.32 Å². The van der Waals surface area contributed by atoms with Crippen LogP contribution in [0.15, 0.2) is 50.5 Å². The van der Waals surface area contributed by atoms with Crippen molar-refractivity contribution in [3.8, 4) is 0 Å². The molecule has 31 heavy (non-hydrogen) atoms. The van der Waals surface area contributed by atoms with Crippen molar-refractivity contribution in [3.05, 3.63) is 67.9 Å². The zero-order valence-corrected chi connectivity index (χ0v) is 20.8. The second kappa shape index (κ2) is 8.93. The zero-order valence-electron chi connectivity index (χ0n) is 17.7. The van der Waals surface area contributed by atoms with Gasteiger partial charge in [-0.2, -0.15) is 0 Å². The highest BCUT2D eigenvalue weighted by Gasteiger charge is 2.33. The molecule has 0 fully saturated rings. The van der Waals surface area contributed by atoms with Gasteiger partial charge in [0.1, 0.15) is 10.8 Å². The molecule has 0 radical (unpaired) electrons. The van der Waals surface area contributed by atoms with Gasteiger partial charge >= 0.3 is 0 Å². The van der Waals surface area contributed by atoms with Gasteiger partial charge in [-0.15, -0.1) is 11.3 Å². The number of nitrogens with one attached hydrogen (secondary N) is 1. The Bertz CT molecular complexity index is 1130. The summed E-state index contributed by atoms with van der Waals surface area (Å²) < 4.78 is 6.18. The van der Waals surface area contributed by atoms with Crippen molar-refractivity contribution < 1.29 is 9.21 Å². The molecule has 3 aromatic rings. The molecule has 0 bridgehead atoms. The number of rotatable bonds is 4. The molecule has 0 aliphatic heterocycles. The second-order valence-corrected chi connectivity index (χ2v) is 11.2. The molecule has 7 heteroatoms. The van der Waals surface area contributed by atoms with Crippen LogP contribution in [0.4, 0.5) is 10.7 Å². The first-order valence-electron chi connectivity index (χ1n) is 10.2. The molecule has 4 nitrogen and oxygen atoms in total. The number of amides is 1. The van der Waals surface area contributed by atoms with E-state index in [0.717, 1.165) is 29.8 Å². The van der Waals surface area contributed by atoms with Crippen LogP contribution in [0.3, 0.4) is 0 Å². The summed E-state index contributed by atoms with van der Waals surface area (Å²) in [6.07, 6.45) is 4.61. The lowest BCUT2D eigenvalue weighted by Crippen LogP contribution is -2.27. The van der Waals surface area contributed by atoms with E-state index >= 15 is 0 Å². The van der Waals surface area contributed by atoms with Crippen molar-refractivity contribution in [2.75, 3.05) is 5.32 Å². The highest BCUT2D eigenvalue weighted by Crippen LogP contribution is 2.45. The smallest absolute Gasteiger partial charge is 0.259 e. The summed E-state index contributed by atoms with van der Waals surface area (Å²) in [5.74, 6) is 1.08. The van der Waals surface area contributed by atoms with Crippen molar-refractivity contribution in [3.63, 3.8) is 0 Å². The van der Waals surface area contributed by atoms with Gasteiger partial charge in [-0.25, -0.2) is 4.99 Å². The average molecular weight is 520 g/mol. The number of carbonyl (C=O) groups excluding carboxylic acids is 1. The Morgan fingerprint density at radius 2 is 2.00 bits per heavy atom. The van der Waals surface area contributed by atoms with E-state index in [1.807, 2.05) is 12.1 Å². The third kappa shape index (κ3) is 5.13. The monoisotopic (exact) mass is 518 g/mol. The lowest BCUT2D eigenvalue weighted by molar-refractivity contribution is 0.102. The Kier molecular flexibility index (Phi) is 6.42. The number of hydrogen-bond acceptors (Lipinski definition) is 4. The van der Waals surface area contributed by atoms with E-state index in [1.54, 1.807) is 41.8 Å². The number of benzene rings is 1. The summed E-state index contributed by atoms with van der Waals surface area (Å²) in [6.45, 7) is 6.87. The van der Waals surface area contributed by atoms with Gasteiger partial charge in [-0.1, -0.05) is 32.4 Å². The van der Waals surface area contributed by atoms with Crippen LogP contribution in [-0.2, 0) is 12.8 Å². The Morgan fingerprint density at radius 1 is 1.26 bits per heavy atom. The first kappa shape index (κ1) is 22.3. The maximum atomic E-state index is 13.3. The van der Waals surface area contributed by atoms with E-state index in [4.69, 9.17) is 16.0 Å². The first-order valence-corrected chi connectivity index (χ1v) is 12.2. The van der Waals surface area contributed by atoms with E-state index in [1.165, 1.54) is 4.88 Å². The number of hydrogen-bond donors (Lipinski definition) is 1. The summed E-state index contributed by atoms with van der Waals surface area (Å²) >= 11 is 10.9. The number of carbonyl (C=O) groups is 1. The third-order valence-corrected chi connectivity index (χ3v) is 7.54. The Balaban J connectivity index is 1.69. The van der Waals surface area contributed by atoms with Gasteiger partial charge in [-0.05, 0) is 88.5 Å². The van der Waals surface area contributed by atoms with E-state index < -0.39 is 0 Å². The molecule has 4 rings (SSSR count). The normalized spacial score (nSPS) is 16.5. The molecule has 1 N–H and O–H groups in total. The molecule has 1 atom stereocenters. The Morgan fingerprint density at radius 3 is 2.65 bits per heavy atom. The van der Waals surface area contributed by atoms with Gasteiger partial charge in [0.15, 0.2) is 4.67 Å². The number of aliphatic imine (C=N–C) groups is 1. The SMILES string of the molecule is CC(C)(C)[C@@H]1CCc2c(sc(N=Cc3ccc(Br)o3)c2C(=O)Nc2ccc(Cl)cc2)C1. The Labute approximate surface area is 199 Å². The second-order valence-electron chi connectivity index (χ2n) is 8.85. The van der Waals surface area contributed by atoms with E-state index in [0.29, 0.717) is 32.6 Å². The lowest BCUT2D eigenvalue weighted by atomic mass is 9.72. The van der Waals surface area contributed by atoms with Crippen LogP contribution in [0.5, 0.6) is 0 Å². The molecule has 2 aromatic heterocycles.